The Kier molecular flexibility index (Phi) is 3.67. The highest BCUT2D eigenvalue weighted by atomic mass is 16.4. The van der Waals surface area contributed by atoms with Crippen LogP contribution in [0.5, 0.6) is 0 Å². The van der Waals surface area contributed by atoms with Crippen LogP contribution in [0.25, 0.3) is 22.1 Å². The highest BCUT2D eigenvalue weighted by Crippen LogP contribution is 2.35. The van der Waals surface area contributed by atoms with Gasteiger partial charge in [-0.3, -0.25) is 4.79 Å². The van der Waals surface area contributed by atoms with Crippen molar-refractivity contribution in [2.45, 2.75) is 31.6 Å². The second kappa shape index (κ2) is 5.88. The number of anilines is 1. The van der Waals surface area contributed by atoms with Gasteiger partial charge in [0.1, 0.15) is 17.0 Å². The van der Waals surface area contributed by atoms with E-state index < -0.39 is 5.97 Å². The van der Waals surface area contributed by atoms with Crippen LogP contribution in [-0.2, 0) is 0 Å². The number of carboxylic acid groups (broad SMARTS) is 1. The molecular formula is C19H18N2O4. The van der Waals surface area contributed by atoms with Crippen LogP contribution in [0, 0.1) is 0 Å². The Morgan fingerprint density at radius 2 is 2.00 bits per heavy atom. The topological polar surface area (TPSA) is 92.4 Å². The number of carbonyl (C=O) groups is 1. The molecule has 4 rings (SSSR count). The first kappa shape index (κ1) is 15.6. The van der Waals surface area contributed by atoms with Crippen LogP contribution in [0.15, 0.2) is 33.5 Å². The lowest BCUT2D eigenvalue weighted by Crippen LogP contribution is -2.10. The van der Waals surface area contributed by atoms with Crippen molar-refractivity contribution in [2.24, 2.45) is 0 Å². The molecule has 6 nitrogen and oxygen atoms in total. The molecule has 2 aromatic heterocycles. The van der Waals surface area contributed by atoms with Crippen molar-refractivity contribution in [3.05, 3.63) is 45.6 Å². The van der Waals surface area contributed by atoms with E-state index >= 15 is 0 Å². The van der Waals surface area contributed by atoms with Gasteiger partial charge in [-0.05, 0) is 42.5 Å². The number of pyridine rings is 1. The van der Waals surface area contributed by atoms with Gasteiger partial charge >= 0.3 is 5.97 Å². The molecule has 25 heavy (non-hydrogen) atoms. The molecule has 0 bridgehead atoms. The first-order valence-electron chi connectivity index (χ1n) is 8.41. The fourth-order valence-corrected chi connectivity index (χ4v) is 3.67. The van der Waals surface area contributed by atoms with Crippen molar-refractivity contribution in [1.29, 1.82) is 0 Å². The average molecular weight is 338 g/mol. The maximum atomic E-state index is 12.9. The fraction of sp³-hybridized carbons (Fsp3) is 0.316. The van der Waals surface area contributed by atoms with E-state index in [1.165, 1.54) is 18.9 Å². The zero-order chi connectivity index (χ0) is 17.6. The van der Waals surface area contributed by atoms with Gasteiger partial charge in [-0.15, -0.1) is 0 Å². The van der Waals surface area contributed by atoms with E-state index in [9.17, 15) is 14.7 Å². The molecule has 0 spiro atoms. The summed E-state index contributed by atoms with van der Waals surface area (Å²) in [5, 5.41) is 12.7. The van der Waals surface area contributed by atoms with Gasteiger partial charge in [0.05, 0.1) is 10.8 Å². The molecule has 1 aliphatic carbocycles. The number of carboxylic acids is 1. The van der Waals surface area contributed by atoms with Crippen molar-refractivity contribution in [1.82, 2.24) is 4.98 Å². The van der Waals surface area contributed by atoms with Gasteiger partial charge < -0.3 is 14.8 Å². The van der Waals surface area contributed by atoms with Gasteiger partial charge in [-0.2, -0.15) is 4.98 Å². The second-order valence-electron chi connectivity index (χ2n) is 6.46. The Hall–Kier alpha value is -2.89. The molecule has 2 heterocycles. The molecule has 0 saturated heterocycles. The van der Waals surface area contributed by atoms with Crippen LogP contribution >= 0.6 is 0 Å². The number of nitrogens with zero attached hydrogens (tertiary/aromatic N) is 1. The minimum Gasteiger partial charge on any atom is -0.478 e. The van der Waals surface area contributed by atoms with Crippen molar-refractivity contribution < 1.29 is 14.3 Å². The smallest absolute Gasteiger partial charge is 0.339 e. The summed E-state index contributed by atoms with van der Waals surface area (Å²) in [6.07, 6.45) is 4.71. The van der Waals surface area contributed by atoms with Crippen molar-refractivity contribution in [3.63, 3.8) is 0 Å². The lowest BCUT2D eigenvalue weighted by atomic mass is 9.96. The van der Waals surface area contributed by atoms with Crippen LogP contribution in [0.4, 0.5) is 5.82 Å². The van der Waals surface area contributed by atoms with E-state index in [0.29, 0.717) is 16.9 Å². The van der Waals surface area contributed by atoms with E-state index in [1.807, 2.05) is 18.2 Å². The van der Waals surface area contributed by atoms with E-state index in [4.69, 9.17) is 4.42 Å². The fourth-order valence-electron chi connectivity index (χ4n) is 3.67. The molecule has 6 heteroatoms. The van der Waals surface area contributed by atoms with Gasteiger partial charge in [-0.25, -0.2) is 4.79 Å². The number of fused-ring (bicyclic) bond motifs is 2. The minimum absolute atomic E-state index is 0.0476. The number of hydrogen-bond donors (Lipinski definition) is 2. The average Bonchev–Trinajstić information content (AvgIpc) is 3.15. The molecule has 0 unspecified atom stereocenters. The summed E-state index contributed by atoms with van der Waals surface area (Å²) >= 11 is 0. The summed E-state index contributed by atoms with van der Waals surface area (Å²) in [7, 11) is 1.58. The Morgan fingerprint density at radius 3 is 2.68 bits per heavy atom. The molecule has 3 aromatic rings. The lowest BCUT2D eigenvalue weighted by molar-refractivity contribution is 0.0698. The Bertz CT molecular complexity index is 1050. The quantitative estimate of drug-likeness (QED) is 0.707. The van der Waals surface area contributed by atoms with Crippen LogP contribution in [0.1, 0.15) is 47.5 Å². The van der Waals surface area contributed by atoms with Gasteiger partial charge in [0.25, 0.3) is 0 Å². The van der Waals surface area contributed by atoms with Crippen LogP contribution in [0.3, 0.4) is 0 Å². The molecule has 0 radical (unpaired) electrons. The Morgan fingerprint density at radius 1 is 1.24 bits per heavy atom. The molecular weight excluding hydrogens is 320 g/mol. The van der Waals surface area contributed by atoms with Crippen molar-refractivity contribution >= 4 is 33.9 Å². The second-order valence-corrected chi connectivity index (χ2v) is 6.46. The van der Waals surface area contributed by atoms with Crippen LogP contribution in [0.2, 0.25) is 0 Å². The number of hydrogen-bond acceptors (Lipinski definition) is 5. The molecule has 0 amide bonds. The number of aromatic carboxylic acids is 1. The zero-order valence-corrected chi connectivity index (χ0v) is 13.8. The molecule has 1 fully saturated rings. The molecule has 128 valence electrons. The highest BCUT2D eigenvalue weighted by Gasteiger charge is 2.20. The third-order valence-electron chi connectivity index (χ3n) is 4.98. The summed E-state index contributed by atoms with van der Waals surface area (Å²) in [4.78, 5) is 28.5. The van der Waals surface area contributed by atoms with E-state index in [0.717, 1.165) is 18.4 Å². The SMILES string of the molecule is CNc1nc2oc3ccc(C4CCCC4)cc3c(=O)c2cc1C(=O)O. The van der Waals surface area contributed by atoms with E-state index in [1.54, 1.807) is 7.05 Å². The summed E-state index contributed by atoms with van der Waals surface area (Å²) in [6, 6.07) is 7.06. The van der Waals surface area contributed by atoms with Gasteiger partial charge in [0.15, 0.2) is 0 Å². The predicted molar refractivity (Wildman–Crippen MR) is 95.5 cm³/mol. The molecule has 0 aliphatic heterocycles. The van der Waals surface area contributed by atoms with Gasteiger partial charge in [0.2, 0.25) is 11.1 Å². The van der Waals surface area contributed by atoms with E-state index in [2.05, 4.69) is 10.3 Å². The number of aromatic nitrogens is 1. The summed E-state index contributed by atoms with van der Waals surface area (Å²) in [5.74, 6) is -0.484. The third kappa shape index (κ3) is 2.54. The first-order chi connectivity index (χ1) is 12.1. The summed E-state index contributed by atoms with van der Waals surface area (Å²) in [5.41, 5.74) is 1.47. The molecule has 1 saturated carbocycles. The van der Waals surface area contributed by atoms with Crippen LogP contribution in [-0.4, -0.2) is 23.1 Å². The van der Waals surface area contributed by atoms with Gasteiger partial charge in [0, 0.05) is 7.05 Å². The van der Waals surface area contributed by atoms with Crippen molar-refractivity contribution in [3.8, 4) is 0 Å². The van der Waals surface area contributed by atoms with E-state index in [-0.39, 0.29) is 27.9 Å². The summed E-state index contributed by atoms with van der Waals surface area (Å²) < 4.78 is 5.78. The third-order valence-corrected chi connectivity index (χ3v) is 4.98. The minimum atomic E-state index is -1.14. The van der Waals surface area contributed by atoms with Crippen LogP contribution < -0.4 is 10.7 Å². The monoisotopic (exact) mass is 338 g/mol. The molecule has 1 aromatic carbocycles. The maximum Gasteiger partial charge on any atom is 0.339 e. The number of nitrogens with one attached hydrogen (secondary N) is 1. The lowest BCUT2D eigenvalue weighted by Gasteiger charge is -2.11. The largest absolute Gasteiger partial charge is 0.478 e. The normalized spacial score (nSPS) is 15.1. The Labute approximate surface area is 143 Å². The molecule has 1 aliphatic rings. The maximum absolute atomic E-state index is 12.9. The Balaban J connectivity index is 1.98. The number of rotatable bonds is 3. The van der Waals surface area contributed by atoms with Crippen molar-refractivity contribution in [2.75, 3.05) is 12.4 Å². The van der Waals surface area contributed by atoms with Gasteiger partial charge in [-0.1, -0.05) is 18.9 Å². The summed E-state index contributed by atoms with van der Waals surface area (Å²) in [6.45, 7) is 0. The number of benzene rings is 1. The first-order valence-corrected chi connectivity index (χ1v) is 8.41. The molecule has 2 N–H and O–H groups in total. The standard InChI is InChI=1S/C19H18N2O4/c1-20-17-14(19(23)24)9-13-16(22)12-8-11(10-4-2-3-5-10)6-7-15(12)25-18(13)21-17/h6-10H,2-5H2,1H3,(H,20,21)(H,23,24). The zero-order valence-electron chi connectivity index (χ0n) is 13.8. The predicted octanol–water partition coefficient (Wildman–Crippen LogP) is 3.74. The highest BCUT2D eigenvalue weighted by molar-refractivity contribution is 5.98. The molecule has 0 atom stereocenters.